The van der Waals surface area contributed by atoms with Crippen LogP contribution in [0.4, 0.5) is 17.1 Å². The Hall–Kier alpha value is -1.71. The summed E-state index contributed by atoms with van der Waals surface area (Å²) < 4.78 is 0. The normalized spacial score (nSPS) is 21.4. The Morgan fingerprint density at radius 1 is 1.19 bits per heavy atom. The number of amides is 1. The molecule has 1 fully saturated rings. The minimum Gasteiger partial charge on any atom is -0.397 e. The van der Waals surface area contributed by atoms with Gasteiger partial charge in [-0.25, -0.2) is 0 Å². The van der Waals surface area contributed by atoms with Crippen molar-refractivity contribution in [3.05, 3.63) is 17.7 Å². The lowest BCUT2D eigenvalue weighted by Crippen LogP contribution is -2.27. The van der Waals surface area contributed by atoms with Crippen LogP contribution in [0.5, 0.6) is 0 Å². The number of hydrogen-bond acceptors (Lipinski definition) is 3. The van der Waals surface area contributed by atoms with Gasteiger partial charge in [-0.1, -0.05) is 13.8 Å². The monoisotopic (exact) mass is 287 g/mol. The van der Waals surface area contributed by atoms with E-state index >= 15 is 0 Å². The van der Waals surface area contributed by atoms with Crippen molar-refractivity contribution >= 4 is 23.0 Å². The minimum atomic E-state index is 0.0890. The molecule has 4 nitrogen and oxygen atoms in total. The topological polar surface area (TPSA) is 58.4 Å². The molecule has 0 bridgehead atoms. The lowest BCUT2D eigenvalue weighted by molar-refractivity contribution is -0.116. The molecule has 114 valence electrons. The number of nitrogens with one attached hydrogen (secondary N) is 1. The maximum Gasteiger partial charge on any atom is 0.224 e. The summed E-state index contributed by atoms with van der Waals surface area (Å²) >= 11 is 0. The standard InChI is InChI=1S/C17H25N3O/c1-17(2)6-3-8-20(9-7-17)15-10-12-4-5-16(21)19-14(12)11-13(15)18/h10-11H,3-9,18H2,1-2H3,(H,19,21). The van der Waals surface area contributed by atoms with Crippen molar-refractivity contribution in [2.45, 2.75) is 46.0 Å². The molecule has 0 aliphatic carbocycles. The van der Waals surface area contributed by atoms with Crippen molar-refractivity contribution in [2.24, 2.45) is 5.41 Å². The largest absolute Gasteiger partial charge is 0.397 e. The predicted octanol–water partition coefficient (Wildman–Crippen LogP) is 3.17. The first-order chi connectivity index (χ1) is 9.94. The van der Waals surface area contributed by atoms with Crippen molar-refractivity contribution in [1.29, 1.82) is 0 Å². The molecule has 2 heterocycles. The summed E-state index contributed by atoms with van der Waals surface area (Å²) in [6.45, 7) is 6.83. The van der Waals surface area contributed by atoms with Crippen molar-refractivity contribution in [3.8, 4) is 0 Å². The molecule has 0 spiro atoms. The van der Waals surface area contributed by atoms with Crippen molar-refractivity contribution < 1.29 is 4.79 Å². The first-order valence-electron chi connectivity index (χ1n) is 7.92. The fraction of sp³-hybridized carbons (Fsp3) is 0.588. The van der Waals surface area contributed by atoms with Crippen LogP contribution in [0.2, 0.25) is 0 Å². The van der Waals surface area contributed by atoms with Gasteiger partial charge in [0.2, 0.25) is 5.91 Å². The molecule has 0 saturated carbocycles. The molecule has 2 aliphatic rings. The maximum absolute atomic E-state index is 11.5. The van der Waals surface area contributed by atoms with Gasteiger partial charge in [0.05, 0.1) is 11.4 Å². The first-order valence-corrected chi connectivity index (χ1v) is 7.92. The Bertz CT molecular complexity index is 565. The van der Waals surface area contributed by atoms with Crippen LogP contribution in [-0.4, -0.2) is 19.0 Å². The molecule has 3 rings (SSSR count). The third-order valence-corrected chi connectivity index (χ3v) is 4.83. The van der Waals surface area contributed by atoms with Crippen molar-refractivity contribution in [1.82, 2.24) is 0 Å². The molecule has 0 radical (unpaired) electrons. The van der Waals surface area contributed by atoms with Gasteiger partial charge in [0, 0.05) is 25.2 Å². The molecular formula is C17H25N3O. The van der Waals surface area contributed by atoms with Gasteiger partial charge < -0.3 is 16.0 Å². The summed E-state index contributed by atoms with van der Waals surface area (Å²) in [5.74, 6) is 0.0890. The van der Waals surface area contributed by atoms with E-state index in [1.54, 1.807) is 0 Å². The highest BCUT2D eigenvalue weighted by Crippen LogP contribution is 2.36. The van der Waals surface area contributed by atoms with Gasteiger partial charge >= 0.3 is 0 Å². The minimum absolute atomic E-state index is 0.0890. The van der Waals surface area contributed by atoms with Crippen LogP contribution in [0, 0.1) is 5.41 Å². The van der Waals surface area contributed by atoms with E-state index in [4.69, 9.17) is 5.73 Å². The van der Waals surface area contributed by atoms with E-state index in [1.807, 2.05) is 6.07 Å². The van der Waals surface area contributed by atoms with Gasteiger partial charge in [-0.05, 0) is 48.8 Å². The van der Waals surface area contributed by atoms with E-state index in [0.717, 1.165) is 36.6 Å². The average molecular weight is 287 g/mol. The Kier molecular flexibility index (Phi) is 3.56. The molecule has 1 amide bonds. The number of hydrogen-bond donors (Lipinski definition) is 2. The van der Waals surface area contributed by atoms with Gasteiger partial charge in [0.15, 0.2) is 0 Å². The number of carbonyl (C=O) groups is 1. The van der Waals surface area contributed by atoms with Crippen LogP contribution in [-0.2, 0) is 11.2 Å². The number of anilines is 3. The van der Waals surface area contributed by atoms with Gasteiger partial charge in [-0.3, -0.25) is 4.79 Å². The average Bonchev–Trinajstić information content (AvgIpc) is 2.59. The Labute approximate surface area is 126 Å². The third kappa shape index (κ3) is 2.99. The summed E-state index contributed by atoms with van der Waals surface area (Å²) in [5.41, 5.74) is 10.7. The van der Waals surface area contributed by atoms with Crippen LogP contribution in [0.25, 0.3) is 0 Å². The highest BCUT2D eigenvalue weighted by atomic mass is 16.1. The molecule has 1 aromatic carbocycles. The molecule has 3 N–H and O–H groups in total. The second kappa shape index (κ2) is 5.24. The zero-order valence-electron chi connectivity index (χ0n) is 13.0. The lowest BCUT2D eigenvalue weighted by Gasteiger charge is -2.28. The molecule has 1 saturated heterocycles. The molecular weight excluding hydrogens is 262 g/mol. The first kappa shape index (κ1) is 14.2. The molecule has 0 atom stereocenters. The molecule has 0 unspecified atom stereocenters. The molecule has 0 aromatic heterocycles. The number of nitrogens with two attached hydrogens (primary N) is 1. The SMILES string of the molecule is CC1(C)CCCN(c2cc3c(cc2N)NC(=O)CC3)CC1. The lowest BCUT2D eigenvalue weighted by atomic mass is 9.85. The zero-order valence-corrected chi connectivity index (χ0v) is 13.0. The van der Waals surface area contributed by atoms with Gasteiger partial charge in [0.1, 0.15) is 0 Å². The summed E-state index contributed by atoms with van der Waals surface area (Å²) in [5, 5.41) is 2.92. The van der Waals surface area contributed by atoms with E-state index in [-0.39, 0.29) is 5.91 Å². The van der Waals surface area contributed by atoms with Crippen LogP contribution < -0.4 is 16.0 Å². The van der Waals surface area contributed by atoms with E-state index in [9.17, 15) is 4.79 Å². The number of nitrogens with zero attached hydrogens (tertiary/aromatic N) is 1. The van der Waals surface area contributed by atoms with E-state index < -0.39 is 0 Å². The summed E-state index contributed by atoms with van der Waals surface area (Å²) in [6, 6.07) is 4.11. The third-order valence-electron chi connectivity index (χ3n) is 4.83. The summed E-state index contributed by atoms with van der Waals surface area (Å²) in [6.07, 6.45) is 5.06. The Morgan fingerprint density at radius 3 is 2.81 bits per heavy atom. The number of nitrogen functional groups attached to an aromatic ring is 1. The number of rotatable bonds is 1. The zero-order chi connectivity index (χ0) is 15.0. The van der Waals surface area contributed by atoms with E-state index in [1.165, 1.54) is 24.8 Å². The van der Waals surface area contributed by atoms with Crippen molar-refractivity contribution in [3.63, 3.8) is 0 Å². The summed E-state index contributed by atoms with van der Waals surface area (Å²) in [7, 11) is 0. The fourth-order valence-corrected chi connectivity index (χ4v) is 3.37. The molecule has 2 aliphatic heterocycles. The number of aryl methyl sites for hydroxylation is 1. The molecule has 4 heteroatoms. The smallest absolute Gasteiger partial charge is 0.224 e. The molecule has 1 aromatic rings. The Balaban J connectivity index is 1.87. The summed E-state index contributed by atoms with van der Waals surface area (Å²) in [4.78, 5) is 13.9. The second-order valence-electron chi connectivity index (χ2n) is 7.12. The van der Waals surface area contributed by atoms with Gasteiger partial charge in [-0.15, -0.1) is 0 Å². The quantitative estimate of drug-likeness (QED) is 0.780. The van der Waals surface area contributed by atoms with Crippen molar-refractivity contribution in [2.75, 3.05) is 29.0 Å². The van der Waals surface area contributed by atoms with Gasteiger partial charge in [-0.2, -0.15) is 0 Å². The molecule has 21 heavy (non-hydrogen) atoms. The maximum atomic E-state index is 11.5. The number of benzene rings is 1. The Morgan fingerprint density at radius 2 is 2.00 bits per heavy atom. The van der Waals surface area contributed by atoms with E-state index in [0.29, 0.717) is 11.8 Å². The predicted molar refractivity (Wildman–Crippen MR) is 87.7 cm³/mol. The van der Waals surface area contributed by atoms with Crippen LogP contribution >= 0.6 is 0 Å². The number of fused-ring (bicyclic) bond motifs is 1. The highest BCUT2D eigenvalue weighted by molar-refractivity contribution is 5.95. The highest BCUT2D eigenvalue weighted by Gasteiger charge is 2.25. The second-order valence-corrected chi connectivity index (χ2v) is 7.12. The van der Waals surface area contributed by atoms with Crippen LogP contribution in [0.1, 0.15) is 45.1 Å². The van der Waals surface area contributed by atoms with Crippen LogP contribution in [0.15, 0.2) is 12.1 Å². The number of carbonyl (C=O) groups excluding carboxylic acids is 1. The van der Waals surface area contributed by atoms with E-state index in [2.05, 4.69) is 30.1 Å². The van der Waals surface area contributed by atoms with Gasteiger partial charge in [0.25, 0.3) is 0 Å². The van der Waals surface area contributed by atoms with Crippen LogP contribution in [0.3, 0.4) is 0 Å². The fourth-order valence-electron chi connectivity index (χ4n) is 3.37.